The molecule has 1 aromatic carbocycles. The van der Waals surface area contributed by atoms with Crippen molar-refractivity contribution in [1.82, 2.24) is 0 Å². The van der Waals surface area contributed by atoms with Crippen LogP contribution in [0, 0.1) is 0 Å². The Morgan fingerprint density at radius 3 is 2.68 bits per heavy atom. The van der Waals surface area contributed by atoms with Crippen LogP contribution in [0.25, 0.3) is 32.1 Å². The van der Waals surface area contributed by atoms with Gasteiger partial charge in [0, 0.05) is 20.7 Å². The molecule has 0 unspecified atom stereocenters. The van der Waals surface area contributed by atoms with Gasteiger partial charge in [-0.25, -0.2) is 0 Å². The molecule has 4 rings (SSSR count). The van der Waals surface area contributed by atoms with E-state index in [0.717, 1.165) is 12.1 Å². The van der Waals surface area contributed by atoms with E-state index in [1.165, 1.54) is 24.3 Å². The third-order valence-electron chi connectivity index (χ3n) is 3.81. The van der Waals surface area contributed by atoms with Gasteiger partial charge in [-0.2, -0.15) is 4.57 Å². The van der Waals surface area contributed by atoms with Crippen molar-refractivity contribution in [3.05, 3.63) is 57.7 Å². The molecule has 0 radical (unpaired) electrons. The largest absolute Gasteiger partial charge is 0.508 e. The van der Waals surface area contributed by atoms with Crippen LogP contribution in [0.4, 0.5) is 0 Å². The van der Waals surface area contributed by atoms with Crippen molar-refractivity contribution in [2.24, 2.45) is 0 Å². The predicted octanol–water partition coefficient (Wildman–Crippen LogP) is 6.51. The van der Waals surface area contributed by atoms with Crippen molar-refractivity contribution in [1.29, 1.82) is 0 Å². The molecule has 3 heterocycles. The number of thiophene rings is 2. The summed E-state index contributed by atoms with van der Waals surface area (Å²) in [6, 6.07) is 14.2. The maximum Gasteiger partial charge on any atom is 0.262 e. The topological polar surface area (TPSA) is 24.1 Å². The molecule has 0 spiro atoms. The van der Waals surface area contributed by atoms with Crippen LogP contribution in [0.5, 0.6) is 5.75 Å². The molecule has 0 fully saturated rings. The van der Waals surface area contributed by atoms with Crippen LogP contribution in [0.2, 0.25) is 0 Å². The molecule has 4 aromatic rings. The zero-order chi connectivity index (χ0) is 16.5. The number of fused-ring (bicyclic) bond motifs is 1. The van der Waals surface area contributed by atoms with Crippen molar-refractivity contribution >= 4 is 56.4 Å². The summed E-state index contributed by atoms with van der Waals surface area (Å²) >= 11 is 5.34. The Labute approximate surface area is 160 Å². The number of rotatable bonds is 4. The maximum absolute atomic E-state index is 9.74. The molecule has 0 aliphatic rings. The fraction of sp³-hybridized carbons (Fsp3) is 0.150. The van der Waals surface area contributed by atoms with Crippen LogP contribution in [-0.2, 0) is 6.54 Å². The first-order chi connectivity index (χ1) is 11.7. The molecule has 128 valence electrons. The van der Waals surface area contributed by atoms with Gasteiger partial charge in [0.05, 0.1) is 6.07 Å². The molecule has 0 saturated carbocycles. The number of aromatic nitrogens is 1. The van der Waals surface area contributed by atoms with E-state index < -0.39 is 0 Å². The van der Waals surface area contributed by atoms with E-state index in [1.807, 2.05) is 23.5 Å². The number of benzene rings is 1. The monoisotopic (exact) mass is 386 g/mol. The van der Waals surface area contributed by atoms with Gasteiger partial charge >= 0.3 is 0 Å². The van der Waals surface area contributed by atoms with E-state index in [0.29, 0.717) is 5.75 Å². The molecule has 0 aliphatic carbocycles. The highest BCUT2D eigenvalue weighted by Gasteiger charge is 2.17. The number of phenolic OH excluding ortho intramolecular Hbond substituents is 1. The second-order valence-corrected chi connectivity index (χ2v) is 8.47. The number of nitrogens with zero attached hydrogens (tertiary/aromatic N) is 1. The first kappa shape index (κ1) is 17.9. The average Bonchev–Trinajstić information content (AvgIpc) is 3.31. The molecule has 2 nitrogen and oxygen atoms in total. The molecule has 25 heavy (non-hydrogen) atoms. The Hall–Kier alpha value is -1.95. The minimum absolute atomic E-state index is 0. The highest BCUT2D eigenvalue weighted by Crippen LogP contribution is 2.32. The zero-order valence-corrected chi connectivity index (χ0v) is 15.5. The van der Waals surface area contributed by atoms with E-state index in [2.05, 4.69) is 53.3 Å². The van der Waals surface area contributed by atoms with Crippen LogP contribution in [-0.4, -0.2) is 5.11 Å². The van der Waals surface area contributed by atoms with E-state index in [1.54, 1.807) is 28.7 Å². The summed E-state index contributed by atoms with van der Waals surface area (Å²) in [6.45, 7) is 3.02. The van der Waals surface area contributed by atoms with Crippen LogP contribution < -0.4 is 4.57 Å². The van der Waals surface area contributed by atoms with Gasteiger partial charge in [0.15, 0.2) is 0 Å². The number of hydrogen-bond donors (Lipinski definition) is 1. The van der Waals surface area contributed by atoms with Gasteiger partial charge in [-0.1, -0.05) is 24.8 Å². The SMILES string of the molecule is C.CC[n+]1c(/C=C/c2ccc(-c3cccs3)s2)sc2ccc(O)cc21. The highest BCUT2D eigenvalue weighted by atomic mass is 32.1. The molecular weight excluding hydrogens is 366 g/mol. The lowest BCUT2D eigenvalue weighted by Crippen LogP contribution is -2.33. The van der Waals surface area contributed by atoms with Gasteiger partial charge in [0.1, 0.15) is 17.0 Å². The van der Waals surface area contributed by atoms with Gasteiger partial charge in [-0.3, -0.25) is 0 Å². The Bertz CT molecular complexity index is 1010. The van der Waals surface area contributed by atoms with Crippen LogP contribution in [0.3, 0.4) is 0 Å². The quantitative estimate of drug-likeness (QED) is 0.397. The Kier molecular flexibility index (Phi) is 5.37. The van der Waals surface area contributed by atoms with Crippen molar-refractivity contribution in [3.63, 3.8) is 0 Å². The van der Waals surface area contributed by atoms with Gasteiger partial charge < -0.3 is 5.11 Å². The number of hydrogen-bond acceptors (Lipinski definition) is 4. The second-order valence-electron chi connectivity index (χ2n) is 5.35. The van der Waals surface area contributed by atoms with Crippen molar-refractivity contribution in [2.45, 2.75) is 20.9 Å². The Morgan fingerprint density at radius 1 is 1.04 bits per heavy atom. The van der Waals surface area contributed by atoms with E-state index in [4.69, 9.17) is 0 Å². The number of aryl methyl sites for hydroxylation is 1. The van der Waals surface area contributed by atoms with Crippen molar-refractivity contribution < 1.29 is 9.67 Å². The molecule has 3 aromatic heterocycles. The molecule has 0 amide bonds. The van der Waals surface area contributed by atoms with E-state index >= 15 is 0 Å². The average molecular weight is 387 g/mol. The summed E-state index contributed by atoms with van der Waals surface area (Å²) in [5.74, 6) is 0.317. The molecule has 0 bridgehead atoms. The summed E-state index contributed by atoms with van der Waals surface area (Å²) in [7, 11) is 0. The van der Waals surface area contributed by atoms with Gasteiger partial charge in [0.25, 0.3) is 5.01 Å². The van der Waals surface area contributed by atoms with Crippen LogP contribution >= 0.6 is 34.0 Å². The highest BCUT2D eigenvalue weighted by molar-refractivity contribution is 7.22. The first-order valence-corrected chi connectivity index (χ1v) is 10.2. The van der Waals surface area contributed by atoms with Crippen molar-refractivity contribution in [2.75, 3.05) is 0 Å². The summed E-state index contributed by atoms with van der Waals surface area (Å²) in [4.78, 5) is 3.89. The van der Waals surface area contributed by atoms with Gasteiger partial charge in [-0.15, -0.1) is 22.7 Å². The molecule has 5 heteroatoms. The summed E-state index contributed by atoms with van der Waals surface area (Å²) in [5.41, 5.74) is 1.09. The maximum atomic E-state index is 9.74. The minimum atomic E-state index is 0. The number of phenols is 1. The zero-order valence-electron chi connectivity index (χ0n) is 13.1. The Morgan fingerprint density at radius 2 is 1.92 bits per heavy atom. The van der Waals surface area contributed by atoms with Crippen LogP contribution in [0.1, 0.15) is 24.2 Å². The smallest absolute Gasteiger partial charge is 0.262 e. The number of thiazole rings is 1. The van der Waals surface area contributed by atoms with Gasteiger partial charge in [-0.05, 0) is 48.7 Å². The van der Waals surface area contributed by atoms with Crippen LogP contribution in [0.15, 0.2) is 47.8 Å². The second kappa shape index (κ2) is 7.52. The normalized spacial score (nSPS) is 11.2. The molecule has 0 aliphatic heterocycles. The standard InChI is InChI=1S/C19H15NOS3.CH4/c1-2-20-15-12-13(21)5-8-16(15)24-19(20)10-7-14-6-9-18(23-14)17-4-3-11-22-17;/h3-12H,2H2,1H3;1H4/p+1/b10-7+;. The summed E-state index contributed by atoms with van der Waals surface area (Å²) in [6.07, 6.45) is 4.35. The molecule has 1 N–H and O–H groups in total. The van der Waals surface area contributed by atoms with E-state index in [9.17, 15) is 5.11 Å². The first-order valence-electron chi connectivity index (χ1n) is 7.72. The lowest BCUT2D eigenvalue weighted by Gasteiger charge is -1.92. The fourth-order valence-corrected chi connectivity index (χ4v) is 5.54. The van der Waals surface area contributed by atoms with E-state index in [-0.39, 0.29) is 7.43 Å². The summed E-state index contributed by atoms with van der Waals surface area (Å²) in [5, 5.41) is 13.0. The fourth-order valence-electron chi connectivity index (χ4n) is 2.69. The summed E-state index contributed by atoms with van der Waals surface area (Å²) < 4.78 is 3.43. The molecular formula is C20H20NOS3+. The molecule has 0 atom stereocenters. The predicted molar refractivity (Wildman–Crippen MR) is 113 cm³/mol. The third-order valence-corrected chi connectivity index (χ3v) is 7.06. The third kappa shape index (κ3) is 3.54. The van der Waals surface area contributed by atoms with Gasteiger partial charge in [0.2, 0.25) is 5.52 Å². The Balaban J connectivity index is 0.00000182. The van der Waals surface area contributed by atoms with Crippen molar-refractivity contribution in [3.8, 4) is 15.5 Å². The molecule has 0 saturated heterocycles. The minimum Gasteiger partial charge on any atom is -0.508 e. The lowest BCUT2D eigenvalue weighted by molar-refractivity contribution is -0.665. The number of aromatic hydroxyl groups is 1. The lowest BCUT2D eigenvalue weighted by atomic mass is 10.3.